The first-order valence-corrected chi connectivity index (χ1v) is 12.6. The summed E-state index contributed by atoms with van der Waals surface area (Å²) < 4.78 is 5.28. The zero-order chi connectivity index (χ0) is 23.2. The summed E-state index contributed by atoms with van der Waals surface area (Å²) >= 11 is 12.0. The molecule has 2 fully saturated rings. The Morgan fingerprint density at radius 2 is 1.82 bits per heavy atom. The number of piperidine rings is 1. The van der Waals surface area contributed by atoms with Gasteiger partial charge in [0.1, 0.15) is 5.75 Å². The van der Waals surface area contributed by atoms with Crippen molar-refractivity contribution in [2.75, 3.05) is 26.7 Å². The van der Waals surface area contributed by atoms with Crippen LogP contribution in [0, 0.1) is 5.92 Å². The number of carbonyl (C=O) groups excluding carboxylic acids is 1. The molecule has 0 unspecified atom stereocenters. The minimum absolute atomic E-state index is 0.0490. The molecule has 1 N–H and O–H groups in total. The van der Waals surface area contributed by atoms with Crippen molar-refractivity contribution in [3.05, 3.63) is 69.7 Å². The highest BCUT2D eigenvalue weighted by Crippen LogP contribution is 2.32. The van der Waals surface area contributed by atoms with Crippen LogP contribution >= 0.6 is 23.2 Å². The number of benzene rings is 2. The first-order chi connectivity index (χ1) is 16.0. The first-order valence-electron chi connectivity index (χ1n) is 11.8. The van der Waals surface area contributed by atoms with Gasteiger partial charge in [-0.1, -0.05) is 41.4 Å². The van der Waals surface area contributed by atoms with Crippen molar-refractivity contribution in [3.63, 3.8) is 0 Å². The van der Waals surface area contributed by atoms with Gasteiger partial charge in [0.2, 0.25) is 5.91 Å². The number of ether oxygens (including phenoxy) is 1. The second-order valence-electron chi connectivity index (χ2n) is 9.24. The molecule has 1 saturated heterocycles. The number of carbonyl (C=O) groups is 1. The summed E-state index contributed by atoms with van der Waals surface area (Å²) in [6.45, 7) is 3.44. The molecule has 33 heavy (non-hydrogen) atoms. The summed E-state index contributed by atoms with van der Waals surface area (Å²) in [5.74, 6) is 2.17. The van der Waals surface area contributed by atoms with E-state index in [0.717, 1.165) is 43.8 Å². The molecule has 176 valence electrons. The Hall–Kier alpha value is -2.01. The number of methoxy groups -OCH3 is 1. The van der Waals surface area contributed by atoms with E-state index in [0.29, 0.717) is 21.9 Å². The van der Waals surface area contributed by atoms with E-state index in [4.69, 9.17) is 27.9 Å². The average Bonchev–Trinajstić information content (AvgIpc) is 3.27. The Morgan fingerprint density at radius 1 is 1.06 bits per heavy atom. The normalized spacial score (nSPS) is 22.0. The summed E-state index contributed by atoms with van der Waals surface area (Å²) in [5, 5.41) is 4.17. The lowest BCUT2D eigenvalue weighted by atomic mass is 9.89. The van der Waals surface area contributed by atoms with Crippen LogP contribution in [-0.4, -0.2) is 43.6 Å². The van der Waals surface area contributed by atoms with Crippen LogP contribution in [0.1, 0.15) is 49.1 Å². The number of halogens is 2. The zero-order valence-corrected chi connectivity index (χ0v) is 20.6. The Morgan fingerprint density at radius 3 is 2.52 bits per heavy atom. The first kappa shape index (κ1) is 24.1. The van der Waals surface area contributed by atoms with E-state index in [9.17, 15) is 4.79 Å². The van der Waals surface area contributed by atoms with Crippen LogP contribution in [0.2, 0.25) is 10.0 Å². The third-order valence-corrected chi connectivity index (χ3v) is 7.69. The van der Waals surface area contributed by atoms with Gasteiger partial charge in [-0.3, -0.25) is 4.79 Å². The van der Waals surface area contributed by atoms with Crippen LogP contribution in [0.15, 0.2) is 48.5 Å². The van der Waals surface area contributed by atoms with Crippen LogP contribution in [0.25, 0.3) is 6.08 Å². The summed E-state index contributed by atoms with van der Waals surface area (Å²) in [4.78, 5) is 15.0. The molecule has 1 aliphatic carbocycles. The highest BCUT2D eigenvalue weighted by Gasteiger charge is 2.29. The molecule has 6 heteroatoms. The van der Waals surface area contributed by atoms with Crippen LogP contribution in [0.5, 0.6) is 5.75 Å². The third-order valence-electron chi connectivity index (χ3n) is 6.95. The summed E-state index contributed by atoms with van der Waals surface area (Å²) in [6, 6.07) is 14.2. The Balaban J connectivity index is 1.18. The molecule has 0 spiro atoms. The quantitative estimate of drug-likeness (QED) is 0.475. The fraction of sp³-hybridized carbons (Fsp3) is 0.444. The molecule has 4 rings (SSSR count). The number of nitrogens with one attached hydrogen (secondary N) is 1. The molecule has 0 bridgehead atoms. The molecule has 1 saturated carbocycles. The van der Waals surface area contributed by atoms with Gasteiger partial charge in [0.25, 0.3) is 0 Å². The molecule has 4 nitrogen and oxygen atoms in total. The summed E-state index contributed by atoms with van der Waals surface area (Å²) in [6.07, 6.45) is 9.06. The molecule has 0 radical (unpaired) electrons. The van der Waals surface area contributed by atoms with E-state index in [1.54, 1.807) is 31.4 Å². The predicted molar refractivity (Wildman–Crippen MR) is 136 cm³/mol. The van der Waals surface area contributed by atoms with Crippen LogP contribution in [0.3, 0.4) is 0 Å². The van der Waals surface area contributed by atoms with E-state index < -0.39 is 0 Å². The number of hydrogen-bond donors (Lipinski definition) is 1. The Bertz CT molecular complexity index is 969. The highest BCUT2D eigenvalue weighted by molar-refractivity contribution is 6.42. The number of amides is 1. The minimum atomic E-state index is -0.0490. The smallest absolute Gasteiger partial charge is 0.244 e. The molecular weight excluding hydrogens is 455 g/mol. The van der Waals surface area contributed by atoms with E-state index in [1.165, 1.54) is 24.8 Å². The van der Waals surface area contributed by atoms with Gasteiger partial charge >= 0.3 is 0 Å². The zero-order valence-electron chi connectivity index (χ0n) is 19.1. The second kappa shape index (κ2) is 11.4. The maximum atomic E-state index is 12.4. The summed E-state index contributed by atoms with van der Waals surface area (Å²) in [5.41, 5.74) is 2.29. The van der Waals surface area contributed by atoms with E-state index in [-0.39, 0.29) is 11.9 Å². The maximum absolute atomic E-state index is 12.4. The standard InChI is InChI=1S/C27H32Cl2N2O2/c1-33-24-8-5-21(6-9-24)22-12-14-31(15-13-22)18-20-2-7-23(16-20)30-27(32)11-4-19-3-10-25(28)26(29)17-19/h3-6,8-11,17,20,22-23H,2,7,12-16,18H2,1H3,(H,30,32)/b11-4+/t20-,23+/m1/s1. The molecule has 2 aromatic rings. The van der Waals surface area contributed by atoms with Crippen molar-refractivity contribution in [3.8, 4) is 5.75 Å². The molecule has 1 aliphatic heterocycles. The van der Waals surface area contributed by atoms with Crippen LogP contribution in [0.4, 0.5) is 0 Å². The van der Waals surface area contributed by atoms with Crippen molar-refractivity contribution in [1.29, 1.82) is 0 Å². The monoisotopic (exact) mass is 486 g/mol. The molecule has 0 aromatic heterocycles. The van der Waals surface area contributed by atoms with Gasteiger partial charge < -0.3 is 15.0 Å². The molecular formula is C27H32Cl2N2O2. The highest BCUT2D eigenvalue weighted by atomic mass is 35.5. The van der Waals surface area contributed by atoms with Crippen molar-refractivity contribution in [2.45, 2.75) is 44.1 Å². The molecule has 2 atom stereocenters. The molecule has 1 amide bonds. The lowest BCUT2D eigenvalue weighted by molar-refractivity contribution is -0.117. The van der Waals surface area contributed by atoms with Gasteiger partial charge in [0.05, 0.1) is 17.2 Å². The number of likely N-dealkylation sites (tertiary alicyclic amines) is 1. The van der Waals surface area contributed by atoms with Gasteiger partial charge in [-0.05, 0) is 98.5 Å². The van der Waals surface area contributed by atoms with Gasteiger partial charge in [-0.25, -0.2) is 0 Å². The van der Waals surface area contributed by atoms with Gasteiger partial charge in [0.15, 0.2) is 0 Å². The van der Waals surface area contributed by atoms with Crippen molar-refractivity contribution in [1.82, 2.24) is 10.2 Å². The fourth-order valence-electron chi connectivity index (χ4n) is 5.10. The van der Waals surface area contributed by atoms with Crippen molar-refractivity contribution < 1.29 is 9.53 Å². The third kappa shape index (κ3) is 6.75. The number of nitrogens with zero attached hydrogens (tertiary/aromatic N) is 1. The fourth-order valence-corrected chi connectivity index (χ4v) is 5.41. The van der Waals surface area contributed by atoms with Gasteiger partial charge in [-0.2, -0.15) is 0 Å². The predicted octanol–water partition coefficient (Wildman–Crippen LogP) is 6.18. The molecule has 1 heterocycles. The topological polar surface area (TPSA) is 41.6 Å². The van der Waals surface area contributed by atoms with Gasteiger partial charge in [-0.15, -0.1) is 0 Å². The Labute approximate surface area is 206 Å². The van der Waals surface area contributed by atoms with E-state index in [1.807, 2.05) is 6.07 Å². The maximum Gasteiger partial charge on any atom is 0.244 e. The van der Waals surface area contributed by atoms with Crippen LogP contribution in [-0.2, 0) is 4.79 Å². The molecule has 2 aliphatic rings. The number of hydrogen-bond acceptors (Lipinski definition) is 3. The van der Waals surface area contributed by atoms with Crippen molar-refractivity contribution in [2.24, 2.45) is 5.92 Å². The average molecular weight is 487 g/mol. The van der Waals surface area contributed by atoms with Crippen LogP contribution < -0.4 is 10.1 Å². The van der Waals surface area contributed by atoms with Gasteiger partial charge in [0, 0.05) is 18.7 Å². The Kier molecular flexibility index (Phi) is 8.34. The SMILES string of the molecule is COc1ccc(C2CCN(C[C@@H]3CC[C@H](NC(=O)/C=C/c4ccc(Cl)c(Cl)c4)C3)CC2)cc1. The lowest BCUT2D eigenvalue weighted by Gasteiger charge is -2.33. The number of rotatable bonds is 7. The summed E-state index contributed by atoms with van der Waals surface area (Å²) in [7, 11) is 1.71. The minimum Gasteiger partial charge on any atom is -0.497 e. The molecule has 2 aromatic carbocycles. The van der Waals surface area contributed by atoms with E-state index in [2.05, 4.69) is 34.5 Å². The largest absolute Gasteiger partial charge is 0.497 e. The lowest BCUT2D eigenvalue weighted by Crippen LogP contribution is -2.37. The van der Waals surface area contributed by atoms with Crippen molar-refractivity contribution >= 4 is 35.2 Å². The second-order valence-corrected chi connectivity index (χ2v) is 10.1. The van der Waals surface area contributed by atoms with E-state index >= 15 is 0 Å².